The van der Waals surface area contributed by atoms with Gasteiger partial charge in [-0.05, 0) is 28.8 Å². The minimum Gasteiger partial charge on any atom is -0.350 e. The van der Waals surface area contributed by atoms with E-state index in [0.717, 1.165) is 29.6 Å². The minimum atomic E-state index is -0.127. The van der Waals surface area contributed by atoms with E-state index in [4.69, 9.17) is 0 Å². The van der Waals surface area contributed by atoms with E-state index in [9.17, 15) is 4.79 Å². The zero-order valence-corrected chi connectivity index (χ0v) is 10.6. The van der Waals surface area contributed by atoms with Crippen molar-refractivity contribution >= 4 is 34.5 Å². The molecule has 1 aromatic rings. The number of hydrogen-bond donors (Lipinski definition) is 2. The van der Waals surface area contributed by atoms with E-state index in [1.807, 2.05) is 4.68 Å². The van der Waals surface area contributed by atoms with Crippen LogP contribution in [0.15, 0.2) is 4.47 Å². The SMILES string of the molecule is O=C(NCCS)c1nn2c(c1Br)CCC2. The fourth-order valence-corrected chi connectivity index (χ4v) is 2.47. The number of carbonyl (C=O) groups is 1. The molecule has 1 aliphatic heterocycles. The number of rotatable bonds is 3. The predicted molar refractivity (Wildman–Crippen MR) is 64.4 cm³/mol. The number of nitrogens with one attached hydrogen (secondary N) is 1. The van der Waals surface area contributed by atoms with Gasteiger partial charge in [-0.25, -0.2) is 0 Å². The van der Waals surface area contributed by atoms with Gasteiger partial charge in [0.2, 0.25) is 0 Å². The molecule has 0 aliphatic carbocycles. The molecule has 0 radical (unpaired) electrons. The van der Waals surface area contributed by atoms with E-state index in [-0.39, 0.29) is 5.91 Å². The smallest absolute Gasteiger partial charge is 0.273 e. The van der Waals surface area contributed by atoms with Crippen molar-refractivity contribution in [2.45, 2.75) is 19.4 Å². The summed E-state index contributed by atoms with van der Waals surface area (Å²) < 4.78 is 2.75. The Labute approximate surface area is 102 Å². The molecule has 0 bridgehead atoms. The van der Waals surface area contributed by atoms with Crippen molar-refractivity contribution in [2.24, 2.45) is 0 Å². The highest BCUT2D eigenvalue weighted by Gasteiger charge is 2.23. The number of hydrogen-bond acceptors (Lipinski definition) is 3. The number of nitrogens with zero attached hydrogens (tertiary/aromatic N) is 2. The Kier molecular flexibility index (Phi) is 3.35. The van der Waals surface area contributed by atoms with Crippen molar-refractivity contribution in [3.05, 3.63) is 15.9 Å². The summed E-state index contributed by atoms with van der Waals surface area (Å²) in [6.45, 7) is 1.48. The summed E-state index contributed by atoms with van der Waals surface area (Å²) in [6.07, 6.45) is 2.10. The lowest BCUT2D eigenvalue weighted by atomic mass is 10.2. The Morgan fingerprint density at radius 1 is 1.67 bits per heavy atom. The summed E-state index contributed by atoms with van der Waals surface area (Å²) in [6, 6.07) is 0. The number of aryl methyl sites for hydroxylation is 1. The van der Waals surface area contributed by atoms with Crippen LogP contribution in [-0.2, 0) is 13.0 Å². The van der Waals surface area contributed by atoms with Crippen LogP contribution < -0.4 is 5.32 Å². The van der Waals surface area contributed by atoms with Crippen molar-refractivity contribution in [2.75, 3.05) is 12.3 Å². The molecular weight excluding hydrogens is 278 g/mol. The molecule has 0 saturated carbocycles. The fraction of sp³-hybridized carbons (Fsp3) is 0.556. The Balaban J connectivity index is 2.19. The van der Waals surface area contributed by atoms with Crippen molar-refractivity contribution in [3.63, 3.8) is 0 Å². The highest BCUT2D eigenvalue weighted by Crippen LogP contribution is 2.26. The number of amides is 1. The maximum absolute atomic E-state index is 11.7. The summed E-state index contributed by atoms with van der Waals surface area (Å²) in [7, 11) is 0. The number of fused-ring (bicyclic) bond motifs is 1. The number of carbonyl (C=O) groups excluding carboxylic acids is 1. The lowest BCUT2D eigenvalue weighted by molar-refractivity contribution is 0.0949. The molecule has 1 N–H and O–H groups in total. The van der Waals surface area contributed by atoms with E-state index >= 15 is 0 Å². The second-order valence-electron chi connectivity index (χ2n) is 3.42. The monoisotopic (exact) mass is 289 g/mol. The van der Waals surface area contributed by atoms with Gasteiger partial charge in [-0.15, -0.1) is 0 Å². The molecular formula is C9H12BrN3OS. The van der Waals surface area contributed by atoms with Gasteiger partial charge in [0.1, 0.15) is 0 Å². The summed E-state index contributed by atoms with van der Waals surface area (Å²) in [5, 5.41) is 7.03. The third-order valence-corrected chi connectivity index (χ3v) is 3.45. The van der Waals surface area contributed by atoms with E-state index in [0.29, 0.717) is 18.0 Å². The highest BCUT2D eigenvalue weighted by molar-refractivity contribution is 9.10. The molecule has 6 heteroatoms. The lowest BCUT2D eigenvalue weighted by Crippen LogP contribution is -2.26. The second-order valence-corrected chi connectivity index (χ2v) is 4.66. The van der Waals surface area contributed by atoms with E-state index in [2.05, 4.69) is 39.0 Å². The third-order valence-electron chi connectivity index (χ3n) is 2.39. The van der Waals surface area contributed by atoms with Gasteiger partial charge < -0.3 is 5.32 Å². The van der Waals surface area contributed by atoms with Gasteiger partial charge >= 0.3 is 0 Å². The Morgan fingerprint density at radius 3 is 3.13 bits per heavy atom. The fourth-order valence-electron chi connectivity index (χ4n) is 1.69. The Hall–Kier alpha value is -0.490. The van der Waals surface area contributed by atoms with Crippen LogP contribution in [-0.4, -0.2) is 28.0 Å². The van der Waals surface area contributed by atoms with Crippen molar-refractivity contribution < 1.29 is 4.79 Å². The first-order chi connectivity index (χ1) is 7.24. The average molecular weight is 290 g/mol. The van der Waals surface area contributed by atoms with Crippen molar-refractivity contribution in [1.29, 1.82) is 0 Å². The molecule has 1 aliphatic rings. The average Bonchev–Trinajstić information content (AvgIpc) is 2.78. The summed E-state index contributed by atoms with van der Waals surface area (Å²) in [5.41, 5.74) is 1.62. The first kappa shape index (κ1) is 11.0. The predicted octanol–water partition coefficient (Wildman–Crippen LogP) is 1.25. The maximum atomic E-state index is 11.7. The maximum Gasteiger partial charge on any atom is 0.273 e. The quantitative estimate of drug-likeness (QED) is 0.823. The van der Waals surface area contributed by atoms with Gasteiger partial charge in [0.15, 0.2) is 5.69 Å². The zero-order valence-electron chi connectivity index (χ0n) is 8.16. The molecule has 2 heterocycles. The highest BCUT2D eigenvalue weighted by atomic mass is 79.9. The van der Waals surface area contributed by atoms with Crippen LogP contribution in [0.3, 0.4) is 0 Å². The van der Waals surface area contributed by atoms with E-state index < -0.39 is 0 Å². The number of thiol groups is 1. The van der Waals surface area contributed by atoms with Crippen molar-refractivity contribution in [3.8, 4) is 0 Å². The van der Waals surface area contributed by atoms with E-state index in [1.165, 1.54) is 0 Å². The normalized spacial score (nSPS) is 14.0. The zero-order chi connectivity index (χ0) is 10.8. The minimum absolute atomic E-state index is 0.127. The molecule has 0 unspecified atom stereocenters. The summed E-state index contributed by atoms with van der Waals surface area (Å²) in [5.74, 6) is 0.509. The van der Waals surface area contributed by atoms with Gasteiger partial charge in [0.25, 0.3) is 5.91 Å². The molecule has 15 heavy (non-hydrogen) atoms. The Bertz CT molecular complexity index is 391. The van der Waals surface area contributed by atoms with Gasteiger partial charge in [-0.3, -0.25) is 9.48 Å². The largest absolute Gasteiger partial charge is 0.350 e. The first-order valence-corrected chi connectivity index (χ1v) is 6.31. The standard InChI is InChI=1S/C9H12BrN3OS/c10-7-6-2-1-4-13(6)12-8(7)9(14)11-3-5-15/h15H,1-5H2,(H,11,14). The molecule has 0 fully saturated rings. The van der Waals surface area contributed by atoms with Crippen LogP contribution in [0.2, 0.25) is 0 Å². The second kappa shape index (κ2) is 4.57. The molecule has 0 spiro atoms. The first-order valence-electron chi connectivity index (χ1n) is 4.88. The van der Waals surface area contributed by atoms with Crippen LogP contribution in [0, 0.1) is 0 Å². The van der Waals surface area contributed by atoms with Gasteiger partial charge in [0.05, 0.1) is 10.2 Å². The van der Waals surface area contributed by atoms with Gasteiger partial charge in [-0.2, -0.15) is 17.7 Å². The van der Waals surface area contributed by atoms with Crippen LogP contribution in [0.25, 0.3) is 0 Å². The Morgan fingerprint density at radius 2 is 2.47 bits per heavy atom. The topological polar surface area (TPSA) is 46.9 Å². The van der Waals surface area contributed by atoms with Crippen molar-refractivity contribution in [1.82, 2.24) is 15.1 Å². The third kappa shape index (κ3) is 2.06. The lowest BCUT2D eigenvalue weighted by Gasteiger charge is -2.00. The molecule has 82 valence electrons. The molecule has 1 amide bonds. The molecule has 0 saturated heterocycles. The van der Waals surface area contributed by atoms with Gasteiger partial charge in [-0.1, -0.05) is 0 Å². The molecule has 4 nitrogen and oxygen atoms in total. The molecule has 1 aromatic heterocycles. The summed E-state index contributed by atoms with van der Waals surface area (Å²) >= 11 is 7.47. The van der Waals surface area contributed by atoms with Crippen LogP contribution in [0.4, 0.5) is 0 Å². The number of halogens is 1. The van der Waals surface area contributed by atoms with E-state index in [1.54, 1.807) is 0 Å². The van der Waals surface area contributed by atoms with Crippen LogP contribution in [0.1, 0.15) is 22.6 Å². The van der Waals surface area contributed by atoms with Crippen LogP contribution in [0.5, 0.6) is 0 Å². The molecule has 2 rings (SSSR count). The van der Waals surface area contributed by atoms with Crippen LogP contribution >= 0.6 is 28.6 Å². The molecule has 0 atom stereocenters. The van der Waals surface area contributed by atoms with Gasteiger partial charge in [0, 0.05) is 18.8 Å². The summed E-state index contributed by atoms with van der Waals surface area (Å²) in [4.78, 5) is 11.7. The number of aromatic nitrogens is 2. The molecule has 0 aromatic carbocycles.